The van der Waals surface area contributed by atoms with Crippen LogP contribution in [0.5, 0.6) is 0 Å². The summed E-state index contributed by atoms with van der Waals surface area (Å²) < 4.78 is 4.79. The third-order valence-electron chi connectivity index (χ3n) is 4.24. The average molecular weight is 378 g/mol. The van der Waals surface area contributed by atoms with Crippen molar-refractivity contribution in [2.24, 2.45) is 5.92 Å². The van der Waals surface area contributed by atoms with Gasteiger partial charge in [0.2, 0.25) is 6.41 Å². The number of aliphatic hydroxyl groups excluding tert-OH is 1. The molecule has 0 radical (unpaired) electrons. The summed E-state index contributed by atoms with van der Waals surface area (Å²) >= 11 is 0. The van der Waals surface area contributed by atoms with E-state index in [1.807, 2.05) is 0 Å². The summed E-state index contributed by atoms with van der Waals surface area (Å²) in [6, 6.07) is 7.00. The highest BCUT2D eigenvalue weighted by molar-refractivity contribution is 5.94. The molecular formula is C20H30N2O5. The fraction of sp³-hybridized carbons (Fsp3) is 0.550. The Morgan fingerprint density at radius 3 is 2.33 bits per heavy atom. The second-order valence-corrected chi connectivity index (χ2v) is 6.64. The van der Waals surface area contributed by atoms with Crippen LogP contribution in [0.15, 0.2) is 24.3 Å². The van der Waals surface area contributed by atoms with E-state index in [1.54, 1.807) is 45.3 Å². The Morgan fingerprint density at radius 2 is 1.89 bits per heavy atom. The van der Waals surface area contributed by atoms with Crippen LogP contribution in [0, 0.1) is 5.92 Å². The maximum Gasteiger partial charge on any atom is 0.307 e. The molecule has 1 fully saturated rings. The molecule has 0 aliphatic heterocycles. The molecule has 27 heavy (non-hydrogen) atoms. The third-order valence-corrected chi connectivity index (χ3v) is 4.24. The maximum absolute atomic E-state index is 11.9. The van der Waals surface area contributed by atoms with Gasteiger partial charge in [-0.25, -0.2) is 0 Å². The highest BCUT2D eigenvalue weighted by Gasteiger charge is 2.26. The first kappa shape index (κ1) is 22.6. The standard InChI is InChI=1S/C17H23NO4.C3H7NO/c1-2-22-15(19)10-11-18-17(21)14-8-6-13(7-9-14)16(20)12-4-3-5-12;1-4(2)3-5/h6-9,12,16,20H,2-5,10-11H2,1H3,(H,18,21);3H,1-2H3. The van der Waals surface area contributed by atoms with Crippen molar-refractivity contribution in [3.05, 3.63) is 35.4 Å². The number of nitrogens with zero attached hydrogens (tertiary/aromatic N) is 1. The molecule has 7 nitrogen and oxygen atoms in total. The molecule has 1 unspecified atom stereocenters. The minimum absolute atomic E-state index is 0.165. The van der Waals surface area contributed by atoms with Gasteiger partial charge >= 0.3 is 5.97 Å². The van der Waals surface area contributed by atoms with Crippen molar-refractivity contribution in [1.82, 2.24) is 10.2 Å². The van der Waals surface area contributed by atoms with E-state index >= 15 is 0 Å². The number of aliphatic hydroxyl groups is 1. The zero-order valence-electron chi connectivity index (χ0n) is 16.3. The molecule has 0 saturated heterocycles. The molecule has 0 bridgehead atoms. The lowest BCUT2D eigenvalue weighted by molar-refractivity contribution is -0.142. The molecular weight excluding hydrogens is 348 g/mol. The zero-order valence-corrected chi connectivity index (χ0v) is 16.3. The van der Waals surface area contributed by atoms with Crippen LogP contribution in [-0.2, 0) is 14.3 Å². The molecule has 1 aliphatic carbocycles. The summed E-state index contributed by atoms with van der Waals surface area (Å²) in [4.78, 5) is 34.0. The van der Waals surface area contributed by atoms with E-state index in [-0.39, 0.29) is 24.8 Å². The van der Waals surface area contributed by atoms with Crippen LogP contribution in [0.4, 0.5) is 0 Å². The smallest absolute Gasteiger partial charge is 0.307 e. The Balaban J connectivity index is 0.000000646. The van der Waals surface area contributed by atoms with Gasteiger partial charge in [0.25, 0.3) is 5.91 Å². The van der Waals surface area contributed by atoms with Crippen molar-refractivity contribution in [2.45, 2.75) is 38.7 Å². The number of hydrogen-bond acceptors (Lipinski definition) is 5. The lowest BCUT2D eigenvalue weighted by atomic mass is 9.79. The average Bonchev–Trinajstić information content (AvgIpc) is 2.61. The molecule has 1 aromatic carbocycles. The number of amides is 2. The van der Waals surface area contributed by atoms with Crippen LogP contribution < -0.4 is 5.32 Å². The van der Waals surface area contributed by atoms with Crippen molar-refractivity contribution in [3.63, 3.8) is 0 Å². The number of ether oxygens (including phenoxy) is 1. The van der Waals surface area contributed by atoms with Gasteiger partial charge in [-0.05, 0) is 43.4 Å². The van der Waals surface area contributed by atoms with Crippen LogP contribution >= 0.6 is 0 Å². The number of nitrogens with one attached hydrogen (secondary N) is 1. The topological polar surface area (TPSA) is 95.9 Å². The molecule has 0 aromatic heterocycles. The molecule has 0 spiro atoms. The van der Waals surface area contributed by atoms with E-state index in [9.17, 15) is 19.5 Å². The van der Waals surface area contributed by atoms with Crippen LogP contribution in [-0.4, -0.2) is 55.5 Å². The minimum Gasteiger partial charge on any atom is -0.466 e. The van der Waals surface area contributed by atoms with Crippen molar-refractivity contribution < 1.29 is 24.2 Å². The Hall–Kier alpha value is -2.41. The van der Waals surface area contributed by atoms with E-state index in [0.717, 1.165) is 24.8 Å². The Bertz CT molecular complexity index is 597. The molecule has 0 heterocycles. The summed E-state index contributed by atoms with van der Waals surface area (Å²) in [6.07, 6.45) is 3.80. The molecule has 7 heteroatoms. The molecule has 1 aromatic rings. The molecule has 150 valence electrons. The maximum atomic E-state index is 11.9. The van der Waals surface area contributed by atoms with Gasteiger partial charge in [0, 0.05) is 26.2 Å². The summed E-state index contributed by atoms with van der Waals surface area (Å²) in [5.74, 6) is -0.194. The summed E-state index contributed by atoms with van der Waals surface area (Å²) in [5, 5.41) is 12.9. The lowest BCUT2D eigenvalue weighted by Gasteiger charge is -2.30. The van der Waals surface area contributed by atoms with Crippen molar-refractivity contribution >= 4 is 18.3 Å². The predicted molar refractivity (Wildman–Crippen MR) is 102 cm³/mol. The monoisotopic (exact) mass is 378 g/mol. The predicted octanol–water partition coefficient (Wildman–Crippen LogP) is 1.91. The molecule has 2 N–H and O–H groups in total. The van der Waals surface area contributed by atoms with Gasteiger partial charge in [0.1, 0.15) is 0 Å². The first-order valence-corrected chi connectivity index (χ1v) is 9.22. The highest BCUT2D eigenvalue weighted by Crippen LogP contribution is 2.37. The van der Waals surface area contributed by atoms with E-state index < -0.39 is 6.10 Å². The van der Waals surface area contributed by atoms with Crippen LogP contribution in [0.25, 0.3) is 0 Å². The lowest BCUT2D eigenvalue weighted by Crippen LogP contribution is -2.26. The van der Waals surface area contributed by atoms with Gasteiger partial charge < -0.3 is 20.1 Å². The minimum atomic E-state index is -0.435. The van der Waals surface area contributed by atoms with Crippen molar-refractivity contribution in [2.75, 3.05) is 27.2 Å². The first-order chi connectivity index (χ1) is 12.9. The fourth-order valence-corrected chi connectivity index (χ4v) is 2.47. The number of benzene rings is 1. The fourth-order valence-electron chi connectivity index (χ4n) is 2.47. The normalized spacial score (nSPS) is 14.1. The second kappa shape index (κ2) is 12.1. The molecule has 1 atom stereocenters. The van der Waals surface area contributed by atoms with Gasteiger partial charge in [0.15, 0.2) is 0 Å². The van der Waals surface area contributed by atoms with Crippen LogP contribution in [0.2, 0.25) is 0 Å². The van der Waals surface area contributed by atoms with Gasteiger partial charge in [0.05, 0.1) is 19.1 Å². The zero-order chi connectivity index (χ0) is 20.2. The molecule has 2 amide bonds. The van der Waals surface area contributed by atoms with E-state index in [0.29, 0.717) is 18.1 Å². The van der Waals surface area contributed by atoms with Crippen molar-refractivity contribution in [1.29, 1.82) is 0 Å². The van der Waals surface area contributed by atoms with E-state index in [2.05, 4.69) is 5.32 Å². The number of hydrogen-bond donors (Lipinski definition) is 2. The van der Waals surface area contributed by atoms with E-state index in [1.165, 1.54) is 11.3 Å². The van der Waals surface area contributed by atoms with Crippen molar-refractivity contribution in [3.8, 4) is 0 Å². The third kappa shape index (κ3) is 8.21. The summed E-state index contributed by atoms with van der Waals surface area (Å²) in [7, 11) is 3.38. The Morgan fingerprint density at radius 1 is 1.30 bits per heavy atom. The number of carbonyl (C=O) groups excluding carboxylic acids is 3. The number of carbonyl (C=O) groups is 3. The molecule has 1 aliphatic rings. The quantitative estimate of drug-likeness (QED) is 0.532. The largest absolute Gasteiger partial charge is 0.466 e. The SMILES string of the molecule is CCOC(=O)CCNC(=O)c1ccc(C(O)C2CCC2)cc1.CN(C)C=O. The van der Waals surface area contributed by atoms with Gasteiger partial charge in [-0.1, -0.05) is 18.6 Å². The summed E-state index contributed by atoms with van der Waals surface area (Å²) in [5.41, 5.74) is 1.38. The van der Waals surface area contributed by atoms with Gasteiger partial charge in [-0.2, -0.15) is 0 Å². The van der Waals surface area contributed by atoms with E-state index in [4.69, 9.17) is 4.74 Å². The van der Waals surface area contributed by atoms with Crippen LogP contribution in [0.3, 0.4) is 0 Å². The first-order valence-electron chi connectivity index (χ1n) is 9.22. The molecule has 1 saturated carbocycles. The second-order valence-electron chi connectivity index (χ2n) is 6.64. The molecule has 2 rings (SSSR count). The summed E-state index contributed by atoms with van der Waals surface area (Å²) in [6.45, 7) is 2.34. The number of esters is 1. The van der Waals surface area contributed by atoms with Crippen LogP contribution in [0.1, 0.15) is 54.6 Å². The Labute approximate surface area is 160 Å². The Kier molecular flexibility index (Phi) is 10.1. The highest BCUT2D eigenvalue weighted by atomic mass is 16.5. The number of rotatable bonds is 8. The van der Waals surface area contributed by atoms with Gasteiger partial charge in [-0.15, -0.1) is 0 Å². The van der Waals surface area contributed by atoms with Gasteiger partial charge in [-0.3, -0.25) is 14.4 Å².